The summed E-state index contributed by atoms with van der Waals surface area (Å²) in [5.41, 5.74) is 0.773. The van der Waals surface area contributed by atoms with Crippen molar-refractivity contribution in [2.45, 2.75) is 38.5 Å². The molecule has 5 nitrogen and oxygen atoms in total. The lowest BCUT2D eigenvalue weighted by molar-refractivity contribution is -0.138. The number of hydrogen-bond acceptors (Lipinski definition) is 3. The van der Waals surface area contributed by atoms with Crippen LogP contribution in [-0.4, -0.2) is 35.7 Å². The van der Waals surface area contributed by atoms with E-state index in [-0.39, 0.29) is 48.9 Å². The van der Waals surface area contributed by atoms with E-state index in [1.165, 1.54) is 4.90 Å². The van der Waals surface area contributed by atoms with Crippen LogP contribution in [0.3, 0.4) is 0 Å². The highest BCUT2D eigenvalue weighted by atomic mass is 35.5. The van der Waals surface area contributed by atoms with Crippen molar-refractivity contribution in [2.24, 2.45) is 0 Å². The smallest absolute Gasteiger partial charge is 0.229 e. The molecule has 1 aromatic carbocycles. The van der Waals surface area contributed by atoms with E-state index in [1.807, 2.05) is 38.1 Å². The Morgan fingerprint density at radius 1 is 1.26 bits per heavy atom. The van der Waals surface area contributed by atoms with Gasteiger partial charge in [-0.05, 0) is 17.7 Å². The second-order valence-corrected chi connectivity index (χ2v) is 6.80. The molecule has 0 radical (unpaired) electrons. The van der Waals surface area contributed by atoms with Gasteiger partial charge in [0.05, 0.1) is 0 Å². The monoisotopic (exact) mass is 336 g/mol. The van der Waals surface area contributed by atoms with Gasteiger partial charge in [0.2, 0.25) is 17.7 Å². The van der Waals surface area contributed by atoms with Crippen LogP contribution in [0.25, 0.3) is 0 Å². The van der Waals surface area contributed by atoms with Gasteiger partial charge in [-0.2, -0.15) is 0 Å². The van der Waals surface area contributed by atoms with Crippen molar-refractivity contribution in [1.82, 2.24) is 10.2 Å². The third kappa shape index (κ3) is 4.55. The fraction of sp³-hybridized carbons (Fsp3) is 0.471. The van der Waals surface area contributed by atoms with Crippen molar-refractivity contribution in [1.29, 1.82) is 0 Å². The summed E-state index contributed by atoms with van der Waals surface area (Å²) in [6.07, 6.45) is 0.633. The highest BCUT2D eigenvalue weighted by Crippen LogP contribution is 2.24. The molecular weight excluding hydrogens is 316 g/mol. The first-order valence-corrected chi connectivity index (χ1v) is 8.03. The van der Waals surface area contributed by atoms with Gasteiger partial charge in [0.15, 0.2) is 0 Å². The van der Waals surface area contributed by atoms with E-state index in [2.05, 4.69) is 5.32 Å². The normalized spacial score (nSPS) is 15.2. The van der Waals surface area contributed by atoms with Gasteiger partial charge in [-0.3, -0.25) is 19.3 Å². The zero-order chi connectivity index (χ0) is 17.0. The van der Waals surface area contributed by atoms with Crippen LogP contribution in [0.5, 0.6) is 0 Å². The molecule has 6 heteroatoms. The minimum atomic E-state index is -0.264. The van der Waals surface area contributed by atoms with Crippen LogP contribution < -0.4 is 5.32 Å². The average Bonchev–Trinajstić information content (AvgIpc) is 2.82. The highest BCUT2D eigenvalue weighted by Gasteiger charge is 2.29. The van der Waals surface area contributed by atoms with Gasteiger partial charge in [0, 0.05) is 42.8 Å². The summed E-state index contributed by atoms with van der Waals surface area (Å²) < 4.78 is 0. The SMILES string of the molecule is CC(C)(CNC(=O)CCN1C(=O)CCC1=O)c1cccc(Cl)c1. The van der Waals surface area contributed by atoms with Crippen LogP contribution in [0.2, 0.25) is 5.02 Å². The van der Waals surface area contributed by atoms with Crippen LogP contribution >= 0.6 is 11.6 Å². The molecule has 0 saturated carbocycles. The molecule has 0 unspecified atom stereocenters. The number of carbonyl (C=O) groups excluding carboxylic acids is 3. The number of amides is 3. The van der Waals surface area contributed by atoms with E-state index in [0.717, 1.165) is 5.56 Å². The molecule has 1 heterocycles. The molecule has 0 bridgehead atoms. The summed E-state index contributed by atoms with van der Waals surface area (Å²) in [6, 6.07) is 7.55. The number of nitrogens with zero attached hydrogens (tertiary/aromatic N) is 1. The van der Waals surface area contributed by atoms with Crippen molar-refractivity contribution in [3.8, 4) is 0 Å². The van der Waals surface area contributed by atoms with Crippen molar-refractivity contribution in [3.63, 3.8) is 0 Å². The largest absolute Gasteiger partial charge is 0.355 e. The van der Waals surface area contributed by atoms with Gasteiger partial charge in [0.1, 0.15) is 0 Å². The number of benzene rings is 1. The van der Waals surface area contributed by atoms with E-state index in [1.54, 1.807) is 0 Å². The average molecular weight is 337 g/mol. The highest BCUT2D eigenvalue weighted by molar-refractivity contribution is 6.30. The van der Waals surface area contributed by atoms with Crippen molar-refractivity contribution in [2.75, 3.05) is 13.1 Å². The van der Waals surface area contributed by atoms with Crippen LogP contribution in [0.4, 0.5) is 0 Å². The van der Waals surface area contributed by atoms with Gasteiger partial charge in [-0.15, -0.1) is 0 Å². The minimum Gasteiger partial charge on any atom is -0.355 e. The zero-order valence-corrected chi connectivity index (χ0v) is 14.2. The number of halogens is 1. The minimum absolute atomic E-state index is 0.128. The first kappa shape index (κ1) is 17.5. The standard InChI is InChI=1S/C17H21ClN2O3/c1-17(2,12-4-3-5-13(18)10-12)11-19-14(21)8-9-20-15(22)6-7-16(20)23/h3-5,10H,6-9,11H2,1-2H3,(H,19,21). The number of rotatable bonds is 6. The molecule has 0 aromatic heterocycles. The Labute approximate surface area is 141 Å². The Morgan fingerprint density at radius 3 is 2.52 bits per heavy atom. The van der Waals surface area contributed by atoms with Crippen LogP contribution in [0.15, 0.2) is 24.3 Å². The number of hydrogen-bond donors (Lipinski definition) is 1. The number of carbonyl (C=O) groups is 3. The van der Waals surface area contributed by atoms with Gasteiger partial charge in [-0.25, -0.2) is 0 Å². The lowest BCUT2D eigenvalue weighted by Gasteiger charge is -2.26. The maximum atomic E-state index is 12.0. The lowest BCUT2D eigenvalue weighted by atomic mass is 9.84. The molecule has 3 amide bonds. The Morgan fingerprint density at radius 2 is 1.91 bits per heavy atom. The Hall–Kier alpha value is -1.88. The van der Waals surface area contributed by atoms with Gasteiger partial charge in [-0.1, -0.05) is 37.6 Å². The predicted molar refractivity (Wildman–Crippen MR) is 88.1 cm³/mol. The Balaban J connectivity index is 1.84. The second kappa shape index (κ2) is 7.13. The molecule has 1 aromatic rings. The first-order chi connectivity index (χ1) is 10.8. The molecule has 23 heavy (non-hydrogen) atoms. The first-order valence-electron chi connectivity index (χ1n) is 7.65. The molecular formula is C17H21ClN2O3. The molecule has 2 rings (SSSR count). The number of imide groups is 1. The molecule has 0 spiro atoms. The molecule has 1 aliphatic heterocycles. The predicted octanol–water partition coefficient (Wildman–Crippen LogP) is 2.27. The van der Waals surface area contributed by atoms with Crippen LogP contribution in [0.1, 0.15) is 38.7 Å². The fourth-order valence-electron chi connectivity index (χ4n) is 2.51. The molecule has 1 saturated heterocycles. The topological polar surface area (TPSA) is 66.5 Å². The summed E-state index contributed by atoms with van der Waals surface area (Å²) in [7, 11) is 0. The summed E-state index contributed by atoms with van der Waals surface area (Å²) in [5.74, 6) is -0.559. The molecule has 0 atom stereocenters. The van der Waals surface area contributed by atoms with Crippen LogP contribution in [0, 0.1) is 0 Å². The second-order valence-electron chi connectivity index (χ2n) is 6.36. The van der Waals surface area contributed by atoms with Gasteiger partial charge >= 0.3 is 0 Å². The van der Waals surface area contributed by atoms with E-state index in [0.29, 0.717) is 11.6 Å². The van der Waals surface area contributed by atoms with E-state index < -0.39 is 0 Å². The quantitative estimate of drug-likeness (QED) is 0.810. The fourth-order valence-corrected chi connectivity index (χ4v) is 2.70. The van der Waals surface area contributed by atoms with E-state index in [9.17, 15) is 14.4 Å². The molecule has 124 valence electrons. The number of likely N-dealkylation sites (tertiary alicyclic amines) is 1. The summed E-state index contributed by atoms with van der Waals surface area (Å²) in [4.78, 5) is 36.1. The lowest BCUT2D eigenvalue weighted by Crippen LogP contribution is -2.39. The molecule has 1 aliphatic rings. The Bertz CT molecular complexity index is 612. The summed E-state index contributed by atoms with van der Waals surface area (Å²) in [5, 5.41) is 3.52. The van der Waals surface area contributed by atoms with Gasteiger partial charge in [0.25, 0.3) is 0 Å². The van der Waals surface area contributed by atoms with E-state index >= 15 is 0 Å². The third-order valence-corrected chi connectivity index (χ3v) is 4.29. The molecule has 0 aliphatic carbocycles. The number of nitrogens with one attached hydrogen (secondary N) is 1. The summed E-state index contributed by atoms with van der Waals surface area (Å²) >= 11 is 6.01. The third-order valence-electron chi connectivity index (χ3n) is 4.05. The van der Waals surface area contributed by atoms with Crippen LogP contribution in [-0.2, 0) is 19.8 Å². The van der Waals surface area contributed by atoms with Crippen molar-refractivity contribution < 1.29 is 14.4 Å². The Kier molecular flexibility index (Phi) is 5.42. The van der Waals surface area contributed by atoms with Crippen molar-refractivity contribution >= 4 is 29.3 Å². The van der Waals surface area contributed by atoms with Crippen molar-refractivity contribution in [3.05, 3.63) is 34.9 Å². The van der Waals surface area contributed by atoms with E-state index in [4.69, 9.17) is 11.6 Å². The maximum absolute atomic E-state index is 12.0. The molecule has 1 N–H and O–H groups in total. The zero-order valence-electron chi connectivity index (χ0n) is 13.4. The van der Waals surface area contributed by atoms with Gasteiger partial charge < -0.3 is 5.32 Å². The maximum Gasteiger partial charge on any atom is 0.229 e. The summed E-state index contributed by atoms with van der Waals surface area (Å²) in [6.45, 7) is 4.65. The molecule has 1 fully saturated rings.